The van der Waals surface area contributed by atoms with Gasteiger partial charge < -0.3 is 34.3 Å². The number of esters is 1. The molecule has 1 heterocycles. The summed E-state index contributed by atoms with van der Waals surface area (Å²) in [4.78, 5) is 37.1. The average Bonchev–Trinajstić information content (AvgIpc) is 2.95. The molecule has 0 unspecified atom stereocenters. The summed E-state index contributed by atoms with van der Waals surface area (Å²) in [6.45, 7) is 5.16. The summed E-state index contributed by atoms with van der Waals surface area (Å²) in [5.41, 5.74) is 4.17. The number of rotatable bonds is 13. The van der Waals surface area contributed by atoms with Crippen LogP contribution in [-0.4, -0.2) is 57.7 Å². The smallest absolute Gasteiger partial charge is 0.338 e. The number of nitrogens with one attached hydrogen (secondary N) is 3. The van der Waals surface area contributed by atoms with E-state index >= 15 is 0 Å². The van der Waals surface area contributed by atoms with E-state index in [1.165, 1.54) is 13.3 Å². The first-order valence-electron chi connectivity index (χ1n) is 12.8. The van der Waals surface area contributed by atoms with Crippen LogP contribution in [0.2, 0.25) is 0 Å². The Hall–Kier alpha value is -4.77. The molecule has 0 radical (unpaired) electrons. The Kier molecular flexibility index (Phi) is 11.6. The van der Waals surface area contributed by atoms with Crippen molar-refractivity contribution in [2.75, 3.05) is 33.5 Å². The number of hydrogen-bond donors (Lipinski definition) is 3. The van der Waals surface area contributed by atoms with Gasteiger partial charge in [-0.05, 0) is 72.1 Å². The van der Waals surface area contributed by atoms with Crippen molar-refractivity contribution in [3.8, 4) is 29.1 Å². The third kappa shape index (κ3) is 8.14. The highest BCUT2D eigenvalue weighted by Crippen LogP contribution is 2.37. The van der Waals surface area contributed by atoms with E-state index in [9.17, 15) is 14.4 Å². The van der Waals surface area contributed by atoms with Gasteiger partial charge in [0.2, 0.25) is 0 Å². The molecule has 0 aromatic heterocycles. The van der Waals surface area contributed by atoms with Crippen LogP contribution in [0.15, 0.2) is 51.2 Å². The van der Waals surface area contributed by atoms with Gasteiger partial charge in [0.15, 0.2) is 36.2 Å². The highest BCUT2D eigenvalue weighted by Gasteiger charge is 2.32. The molecule has 0 bridgehead atoms. The van der Waals surface area contributed by atoms with Crippen molar-refractivity contribution in [1.29, 1.82) is 5.26 Å². The Morgan fingerprint density at radius 3 is 2.60 bits per heavy atom. The number of amides is 3. The van der Waals surface area contributed by atoms with Crippen LogP contribution in [0.3, 0.4) is 0 Å². The standard InChI is InChI=1S/C28H30BrN5O8/c1-5-39-22-12-17(11-19(29)26(22)41-10-9-30)14-31-34-23(35)15-42-20-8-7-18(13-21(20)38-4)25-24(27(36)40-6-2)16(3)32-28(37)33-25/h7-8,11-14,25H,5-6,10,15H2,1-4H3,(H,34,35)(H2,32,33,37)/b31-14-/t25-/m1/s1. The summed E-state index contributed by atoms with van der Waals surface area (Å²) in [5, 5.41) is 18.1. The molecule has 13 nitrogen and oxygen atoms in total. The van der Waals surface area contributed by atoms with E-state index in [4.69, 9.17) is 28.9 Å². The molecule has 2 aromatic rings. The Morgan fingerprint density at radius 1 is 1.12 bits per heavy atom. The molecule has 14 heteroatoms. The summed E-state index contributed by atoms with van der Waals surface area (Å²) >= 11 is 3.39. The molecule has 42 heavy (non-hydrogen) atoms. The molecule has 0 aliphatic carbocycles. The fraction of sp³-hybridized carbons (Fsp3) is 0.321. The lowest BCUT2D eigenvalue weighted by Crippen LogP contribution is -2.45. The summed E-state index contributed by atoms with van der Waals surface area (Å²) in [6.07, 6.45) is 1.42. The van der Waals surface area contributed by atoms with Gasteiger partial charge in [-0.25, -0.2) is 15.0 Å². The normalized spacial score (nSPS) is 14.4. The lowest BCUT2D eigenvalue weighted by molar-refractivity contribution is -0.139. The second-order valence-corrected chi connectivity index (χ2v) is 9.35. The maximum Gasteiger partial charge on any atom is 0.338 e. The number of methoxy groups -OCH3 is 1. The number of carbonyl (C=O) groups is 3. The van der Waals surface area contributed by atoms with Crippen LogP contribution in [0, 0.1) is 11.3 Å². The van der Waals surface area contributed by atoms with Crippen LogP contribution in [0.5, 0.6) is 23.0 Å². The van der Waals surface area contributed by atoms with Crippen molar-refractivity contribution in [2.24, 2.45) is 5.10 Å². The lowest BCUT2D eigenvalue weighted by atomic mass is 9.95. The fourth-order valence-corrected chi connectivity index (χ4v) is 4.50. The van der Waals surface area contributed by atoms with E-state index in [0.29, 0.717) is 39.4 Å². The van der Waals surface area contributed by atoms with Gasteiger partial charge >= 0.3 is 12.0 Å². The second-order valence-electron chi connectivity index (χ2n) is 8.49. The van der Waals surface area contributed by atoms with E-state index in [1.807, 2.05) is 13.0 Å². The highest BCUT2D eigenvalue weighted by molar-refractivity contribution is 9.10. The number of hydrogen-bond acceptors (Lipinski definition) is 10. The van der Waals surface area contributed by atoms with Gasteiger partial charge in [0.1, 0.15) is 6.07 Å². The van der Waals surface area contributed by atoms with Gasteiger partial charge in [0.05, 0.1) is 42.6 Å². The van der Waals surface area contributed by atoms with Crippen molar-refractivity contribution in [2.45, 2.75) is 26.8 Å². The molecule has 2 aromatic carbocycles. The number of hydrazone groups is 1. The van der Waals surface area contributed by atoms with Gasteiger partial charge in [-0.15, -0.1) is 0 Å². The number of benzene rings is 2. The molecule has 3 amide bonds. The fourth-order valence-electron chi connectivity index (χ4n) is 3.93. The first-order valence-corrected chi connectivity index (χ1v) is 13.6. The molecular weight excluding hydrogens is 614 g/mol. The molecule has 3 N–H and O–H groups in total. The number of ether oxygens (including phenoxy) is 5. The Morgan fingerprint density at radius 2 is 1.90 bits per heavy atom. The molecule has 3 rings (SSSR count). The summed E-state index contributed by atoms with van der Waals surface area (Å²) < 4.78 is 27.8. The summed E-state index contributed by atoms with van der Waals surface area (Å²) in [5.74, 6) is 0.247. The SMILES string of the molecule is CCOC(=O)C1=C(C)NC(=O)N[C@@H]1c1ccc(OCC(=O)N/N=C\c2cc(Br)c(OCC#N)c(OCC)c2)c(OC)c1. The Labute approximate surface area is 250 Å². The second kappa shape index (κ2) is 15.3. The lowest BCUT2D eigenvalue weighted by Gasteiger charge is -2.28. The molecule has 0 fully saturated rings. The number of urea groups is 1. The van der Waals surface area contributed by atoms with E-state index in [2.05, 4.69) is 37.1 Å². The largest absolute Gasteiger partial charge is 0.493 e. The van der Waals surface area contributed by atoms with Crippen LogP contribution >= 0.6 is 15.9 Å². The van der Waals surface area contributed by atoms with E-state index in [1.54, 1.807) is 44.2 Å². The number of nitriles is 1. The van der Waals surface area contributed by atoms with Gasteiger partial charge in [0, 0.05) is 5.70 Å². The highest BCUT2D eigenvalue weighted by atomic mass is 79.9. The van der Waals surface area contributed by atoms with Crippen LogP contribution in [-0.2, 0) is 14.3 Å². The van der Waals surface area contributed by atoms with E-state index in [0.717, 1.165) is 0 Å². The number of halogens is 1. The number of nitrogens with zero attached hydrogens (tertiary/aromatic N) is 2. The quantitative estimate of drug-likeness (QED) is 0.168. The molecule has 0 saturated heterocycles. The third-order valence-electron chi connectivity index (χ3n) is 5.66. The zero-order chi connectivity index (χ0) is 30.6. The van der Waals surface area contributed by atoms with Gasteiger partial charge in [-0.2, -0.15) is 10.4 Å². The van der Waals surface area contributed by atoms with Crippen molar-refractivity contribution < 1.29 is 38.1 Å². The van der Waals surface area contributed by atoms with Gasteiger partial charge in [0.25, 0.3) is 5.91 Å². The van der Waals surface area contributed by atoms with Crippen molar-refractivity contribution in [3.63, 3.8) is 0 Å². The molecule has 0 spiro atoms. The maximum atomic E-state index is 12.6. The third-order valence-corrected chi connectivity index (χ3v) is 6.25. The first-order chi connectivity index (χ1) is 20.2. The predicted molar refractivity (Wildman–Crippen MR) is 154 cm³/mol. The minimum Gasteiger partial charge on any atom is -0.493 e. The van der Waals surface area contributed by atoms with Crippen molar-refractivity contribution in [1.82, 2.24) is 16.1 Å². The summed E-state index contributed by atoms with van der Waals surface area (Å²) in [6, 6.07) is 8.84. The number of carbonyl (C=O) groups excluding carboxylic acids is 3. The van der Waals surface area contributed by atoms with Crippen LogP contribution in [0.4, 0.5) is 4.79 Å². The van der Waals surface area contributed by atoms with Crippen LogP contribution in [0.1, 0.15) is 37.9 Å². The predicted octanol–water partition coefficient (Wildman–Crippen LogP) is 3.48. The van der Waals surface area contributed by atoms with Crippen molar-refractivity contribution >= 4 is 40.1 Å². The van der Waals surface area contributed by atoms with Crippen LogP contribution in [0.25, 0.3) is 0 Å². The minimum atomic E-state index is -0.784. The zero-order valence-electron chi connectivity index (χ0n) is 23.4. The van der Waals surface area contributed by atoms with Crippen LogP contribution < -0.4 is 35.0 Å². The topological polar surface area (TPSA) is 170 Å². The Bertz CT molecular complexity index is 1440. The zero-order valence-corrected chi connectivity index (χ0v) is 25.0. The minimum absolute atomic E-state index is 0.143. The van der Waals surface area contributed by atoms with Crippen molar-refractivity contribution in [3.05, 3.63) is 57.2 Å². The first kappa shape index (κ1) is 31.8. The van der Waals surface area contributed by atoms with E-state index < -0.39 is 23.9 Å². The molecule has 1 aliphatic heterocycles. The van der Waals surface area contributed by atoms with E-state index in [-0.39, 0.29) is 36.9 Å². The average molecular weight is 644 g/mol. The summed E-state index contributed by atoms with van der Waals surface area (Å²) in [7, 11) is 1.43. The molecule has 1 atom stereocenters. The maximum absolute atomic E-state index is 12.6. The van der Waals surface area contributed by atoms with Gasteiger partial charge in [-0.3, -0.25) is 4.79 Å². The number of allylic oxidation sites excluding steroid dienone is 1. The molecule has 222 valence electrons. The van der Waals surface area contributed by atoms with Gasteiger partial charge in [-0.1, -0.05) is 6.07 Å². The molecular formula is C28H30BrN5O8. The monoisotopic (exact) mass is 643 g/mol. The molecule has 0 saturated carbocycles. The molecule has 1 aliphatic rings. The Balaban J connectivity index is 1.68.